The molecule has 6 nitrogen and oxygen atoms in total. The average Bonchev–Trinajstić information content (AvgIpc) is 2.45. The Morgan fingerprint density at radius 3 is 2.80 bits per heavy atom. The minimum absolute atomic E-state index is 0.00421. The fourth-order valence-corrected chi connectivity index (χ4v) is 2.51. The quantitative estimate of drug-likeness (QED) is 0.904. The number of amides is 1. The van der Waals surface area contributed by atoms with E-state index in [0.29, 0.717) is 18.7 Å². The largest absolute Gasteiger partial charge is 0.481 e. The van der Waals surface area contributed by atoms with Crippen LogP contribution in [0.25, 0.3) is 0 Å². The summed E-state index contributed by atoms with van der Waals surface area (Å²) in [6.45, 7) is 2.48. The molecule has 0 aliphatic carbocycles. The second-order valence-corrected chi connectivity index (χ2v) is 5.12. The van der Waals surface area contributed by atoms with Gasteiger partial charge in [0, 0.05) is 25.2 Å². The highest BCUT2D eigenvalue weighted by Crippen LogP contribution is 2.22. The van der Waals surface area contributed by atoms with E-state index in [0.717, 1.165) is 25.0 Å². The molecule has 1 aromatic heterocycles. The third kappa shape index (κ3) is 3.53. The lowest BCUT2D eigenvalue weighted by Crippen LogP contribution is -2.44. The van der Waals surface area contributed by atoms with Crippen molar-refractivity contribution in [2.75, 3.05) is 6.54 Å². The van der Waals surface area contributed by atoms with Crippen LogP contribution in [-0.4, -0.2) is 44.4 Å². The molecule has 1 atom stereocenters. The van der Waals surface area contributed by atoms with E-state index in [1.165, 1.54) is 6.20 Å². The molecule has 0 aromatic carbocycles. The fraction of sp³-hybridized carbons (Fsp3) is 0.571. The van der Waals surface area contributed by atoms with Gasteiger partial charge in [-0.3, -0.25) is 14.6 Å². The van der Waals surface area contributed by atoms with Crippen molar-refractivity contribution in [3.8, 4) is 0 Å². The van der Waals surface area contributed by atoms with Gasteiger partial charge in [0.2, 0.25) is 0 Å². The number of carbonyl (C=O) groups excluding carboxylic acids is 1. The third-order valence-electron chi connectivity index (χ3n) is 3.58. The van der Waals surface area contributed by atoms with Gasteiger partial charge in [0.1, 0.15) is 5.69 Å². The molecule has 0 spiro atoms. The molecule has 0 radical (unpaired) electrons. The van der Waals surface area contributed by atoms with Crippen molar-refractivity contribution in [2.24, 2.45) is 0 Å². The van der Waals surface area contributed by atoms with Crippen LogP contribution in [0.1, 0.15) is 48.3 Å². The normalized spacial score (nSPS) is 18.9. The summed E-state index contributed by atoms with van der Waals surface area (Å²) in [5.41, 5.74) is 1.10. The molecule has 0 bridgehead atoms. The summed E-state index contributed by atoms with van der Waals surface area (Å²) in [5.74, 6) is -0.967. The van der Waals surface area contributed by atoms with Crippen LogP contribution in [0.3, 0.4) is 0 Å². The molecule has 1 aliphatic heterocycles. The van der Waals surface area contributed by atoms with Crippen LogP contribution in [0, 0.1) is 6.92 Å². The maximum atomic E-state index is 12.4. The monoisotopic (exact) mass is 277 g/mol. The van der Waals surface area contributed by atoms with E-state index >= 15 is 0 Å². The van der Waals surface area contributed by atoms with Crippen LogP contribution >= 0.6 is 0 Å². The first-order valence-electron chi connectivity index (χ1n) is 6.89. The molecule has 2 rings (SSSR count). The number of aromatic nitrogens is 2. The Kier molecular flexibility index (Phi) is 4.65. The van der Waals surface area contributed by atoms with E-state index < -0.39 is 5.97 Å². The first-order valence-corrected chi connectivity index (χ1v) is 6.89. The Labute approximate surface area is 117 Å². The first-order chi connectivity index (χ1) is 9.58. The van der Waals surface area contributed by atoms with Crippen LogP contribution in [0.5, 0.6) is 0 Å². The zero-order valence-electron chi connectivity index (χ0n) is 11.6. The lowest BCUT2D eigenvalue weighted by molar-refractivity contribution is -0.137. The van der Waals surface area contributed by atoms with E-state index in [1.54, 1.807) is 11.1 Å². The fourth-order valence-electron chi connectivity index (χ4n) is 2.51. The number of aliphatic carboxylic acids is 1. The van der Waals surface area contributed by atoms with Crippen molar-refractivity contribution < 1.29 is 14.7 Å². The van der Waals surface area contributed by atoms with E-state index in [-0.39, 0.29) is 18.4 Å². The molecule has 108 valence electrons. The van der Waals surface area contributed by atoms with Gasteiger partial charge in [0.15, 0.2) is 0 Å². The first kappa shape index (κ1) is 14.4. The van der Waals surface area contributed by atoms with Crippen LogP contribution < -0.4 is 0 Å². The second kappa shape index (κ2) is 6.45. The molecule has 1 N–H and O–H groups in total. The lowest BCUT2D eigenvalue weighted by Gasteiger charge is -2.35. The van der Waals surface area contributed by atoms with Crippen LogP contribution in [0.15, 0.2) is 12.4 Å². The van der Waals surface area contributed by atoms with Gasteiger partial charge in [-0.25, -0.2) is 4.98 Å². The Balaban J connectivity index is 2.08. The Bertz CT molecular complexity index is 487. The molecule has 1 unspecified atom stereocenters. The molecule has 2 heterocycles. The molecular formula is C14H19N3O3. The third-order valence-corrected chi connectivity index (χ3v) is 3.58. The smallest absolute Gasteiger partial charge is 0.303 e. The van der Waals surface area contributed by atoms with Gasteiger partial charge >= 0.3 is 5.97 Å². The zero-order chi connectivity index (χ0) is 14.5. The topological polar surface area (TPSA) is 83.4 Å². The maximum absolute atomic E-state index is 12.4. The second-order valence-electron chi connectivity index (χ2n) is 5.12. The number of likely N-dealkylation sites (tertiary alicyclic amines) is 1. The predicted molar refractivity (Wildman–Crippen MR) is 72.3 cm³/mol. The van der Waals surface area contributed by atoms with Crippen LogP contribution in [0.2, 0.25) is 0 Å². The number of hydrogen-bond donors (Lipinski definition) is 1. The summed E-state index contributed by atoms with van der Waals surface area (Å²) in [6.07, 6.45) is 6.50. The summed E-state index contributed by atoms with van der Waals surface area (Å²) in [7, 11) is 0. The molecule has 1 saturated heterocycles. The van der Waals surface area contributed by atoms with Gasteiger partial charge in [0.05, 0.1) is 11.9 Å². The number of rotatable bonds is 4. The number of carboxylic acid groups (broad SMARTS) is 1. The number of hydrogen-bond acceptors (Lipinski definition) is 4. The molecule has 0 saturated carbocycles. The number of carbonyl (C=O) groups is 2. The standard InChI is InChI=1S/C14H19N3O3/c1-10-8-16-12(9-15-10)14(20)17-7-3-2-4-11(17)5-6-13(18)19/h8-9,11H,2-7H2,1H3,(H,18,19). The highest BCUT2D eigenvalue weighted by Gasteiger charge is 2.28. The van der Waals surface area contributed by atoms with Crippen molar-refractivity contribution in [1.29, 1.82) is 0 Å². The van der Waals surface area contributed by atoms with Gasteiger partial charge in [-0.1, -0.05) is 0 Å². The maximum Gasteiger partial charge on any atom is 0.303 e. The van der Waals surface area contributed by atoms with Crippen molar-refractivity contribution in [3.63, 3.8) is 0 Å². The minimum Gasteiger partial charge on any atom is -0.481 e. The Hall–Kier alpha value is -1.98. The van der Waals surface area contributed by atoms with Crippen LogP contribution in [0.4, 0.5) is 0 Å². The van der Waals surface area contributed by atoms with Crippen molar-refractivity contribution >= 4 is 11.9 Å². The average molecular weight is 277 g/mol. The molecule has 1 amide bonds. The summed E-state index contributed by atoms with van der Waals surface area (Å²) in [6, 6.07) is -0.00421. The summed E-state index contributed by atoms with van der Waals surface area (Å²) >= 11 is 0. The summed E-state index contributed by atoms with van der Waals surface area (Å²) in [4.78, 5) is 33.1. The highest BCUT2D eigenvalue weighted by molar-refractivity contribution is 5.92. The van der Waals surface area contributed by atoms with Gasteiger partial charge in [0.25, 0.3) is 5.91 Å². The van der Waals surface area contributed by atoms with Crippen molar-refractivity contribution in [1.82, 2.24) is 14.9 Å². The molecule has 20 heavy (non-hydrogen) atoms. The van der Waals surface area contributed by atoms with E-state index in [9.17, 15) is 9.59 Å². The van der Waals surface area contributed by atoms with E-state index in [4.69, 9.17) is 5.11 Å². The predicted octanol–water partition coefficient (Wildman–Crippen LogP) is 1.64. The number of piperidine rings is 1. The lowest BCUT2D eigenvalue weighted by atomic mass is 9.97. The Morgan fingerprint density at radius 2 is 2.15 bits per heavy atom. The van der Waals surface area contributed by atoms with E-state index in [2.05, 4.69) is 9.97 Å². The van der Waals surface area contributed by atoms with Gasteiger partial charge in [-0.2, -0.15) is 0 Å². The molecule has 1 aromatic rings. The van der Waals surface area contributed by atoms with E-state index in [1.807, 2.05) is 6.92 Å². The van der Waals surface area contributed by atoms with Crippen LogP contribution in [-0.2, 0) is 4.79 Å². The zero-order valence-corrected chi connectivity index (χ0v) is 11.6. The molecular weight excluding hydrogens is 258 g/mol. The summed E-state index contributed by atoms with van der Waals surface area (Å²) in [5, 5.41) is 8.79. The number of aryl methyl sites for hydroxylation is 1. The van der Waals surface area contributed by atoms with Crippen molar-refractivity contribution in [3.05, 3.63) is 23.8 Å². The summed E-state index contributed by atoms with van der Waals surface area (Å²) < 4.78 is 0. The molecule has 1 aliphatic rings. The van der Waals surface area contributed by atoms with Crippen molar-refractivity contribution in [2.45, 2.75) is 45.1 Å². The van der Waals surface area contributed by atoms with Gasteiger partial charge in [-0.15, -0.1) is 0 Å². The highest BCUT2D eigenvalue weighted by atomic mass is 16.4. The molecule has 6 heteroatoms. The van der Waals surface area contributed by atoms with Gasteiger partial charge < -0.3 is 10.0 Å². The Morgan fingerprint density at radius 1 is 1.35 bits per heavy atom. The minimum atomic E-state index is -0.821. The SMILES string of the molecule is Cc1cnc(C(=O)N2CCCCC2CCC(=O)O)cn1. The number of carboxylic acids is 1. The molecule has 1 fully saturated rings. The van der Waals surface area contributed by atoms with Gasteiger partial charge in [-0.05, 0) is 32.6 Å². The number of nitrogens with zero attached hydrogens (tertiary/aromatic N) is 3.